The Hall–Kier alpha value is -6.33. The second kappa shape index (κ2) is 17.9. The average molecular weight is 768 g/mol. The van der Waals surface area contributed by atoms with E-state index < -0.39 is 10.8 Å². The van der Waals surface area contributed by atoms with Crippen LogP contribution < -0.4 is 0 Å². The van der Waals surface area contributed by atoms with Crippen LogP contribution in [0.4, 0.5) is 0 Å². The molecule has 0 aliphatic heterocycles. The minimum atomic E-state index is -0.504. The highest BCUT2D eigenvalue weighted by Crippen LogP contribution is 2.40. The molecule has 0 fully saturated rings. The Morgan fingerprint density at radius 3 is 1.29 bits per heavy atom. The lowest BCUT2D eigenvalue weighted by atomic mass is 9.86. The van der Waals surface area contributed by atoms with E-state index in [9.17, 15) is 19.8 Å². The molecule has 0 atom stereocenters. The van der Waals surface area contributed by atoms with Gasteiger partial charge < -0.3 is 10.2 Å². The van der Waals surface area contributed by atoms with Crippen LogP contribution in [0.1, 0.15) is 65.5 Å². The first-order valence-electron chi connectivity index (χ1n) is 20.0. The van der Waals surface area contributed by atoms with E-state index in [2.05, 4.69) is 96.0 Å². The zero-order chi connectivity index (χ0) is 41.5. The zero-order valence-electron chi connectivity index (χ0n) is 34.4. The quantitative estimate of drug-likeness (QED) is 0.0902. The molecule has 5 heteroatoms. The Balaban J connectivity index is 1.44. The Labute approximate surface area is 343 Å². The predicted molar refractivity (Wildman–Crippen MR) is 238 cm³/mol. The molecule has 1 aromatic heterocycles. The van der Waals surface area contributed by atoms with Crippen molar-refractivity contribution in [1.82, 2.24) is 4.98 Å². The van der Waals surface area contributed by atoms with Gasteiger partial charge in [0.05, 0.1) is 5.69 Å². The van der Waals surface area contributed by atoms with E-state index in [0.29, 0.717) is 12.8 Å². The van der Waals surface area contributed by atoms with Crippen molar-refractivity contribution in [2.24, 2.45) is 10.8 Å². The van der Waals surface area contributed by atoms with Crippen molar-refractivity contribution in [1.29, 1.82) is 0 Å². The first-order chi connectivity index (χ1) is 27.7. The molecule has 58 heavy (non-hydrogen) atoms. The second-order valence-corrected chi connectivity index (χ2v) is 16.9. The third-order valence-corrected chi connectivity index (χ3v) is 10.4. The molecule has 6 rings (SSSR count). The summed E-state index contributed by atoms with van der Waals surface area (Å²) in [5.41, 5.74) is 11.4. The minimum Gasteiger partial charge on any atom is -0.512 e. The van der Waals surface area contributed by atoms with Crippen molar-refractivity contribution < 1.29 is 19.8 Å². The monoisotopic (exact) mass is 767 g/mol. The van der Waals surface area contributed by atoms with Crippen molar-refractivity contribution in [2.75, 3.05) is 0 Å². The Morgan fingerprint density at radius 2 is 0.862 bits per heavy atom. The summed E-state index contributed by atoms with van der Waals surface area (Å²) in [6.07, 6.45) is 6.07. The molecule has 0 spiro atoms. The molecular weight excluding hydrogens is 715 g/mol. The summed E-state index contributed by atoms with van der Waals surface area (Å²) in [5, 5.41) is 21.0. The van der Waals surface area contributed by atoms with Gasteiger partial charge in [-0.2, -0.15) is 0 Å². The number of benzene rings is 5. The van der Waals surface area contributed by atoms with E-state index in [1.54, 1.807) is 6.20 Å². The number of aliphatic hydroxyl groups is 2. The van der Waals surface area contributed by atoms with Gasteiger partial charge in [0.2, 0.25) is 0 Å². The van der Waals surface area contributed by atoms with Crippen LogP contribution in [0.25, 0.3) is 55.8 Å². The second-order valence-electron chi connectivity index (χ2n) is 16.9. The maximum Gasteiger partial charge on any atom is 0.159 e. The summed E-state index contributed by atoms with van der Waals surface area (Å²) >= 11 is 0. The van der Waals surface area contributed by atoms with E-state index in [4.69, 9.17) is 0 Å². The zero-order valence-corrected chi connectivity index (χ0v) is 34.4. The Morgan fingerprint density at radius 1 is 0.483 bits per heavy atom. The van der Waals surface area contributed by atoms with Gasteiger partial charge in [-0.25, -0.2) is 0 Å². The molecule has 0 saturated heterocycles. The molecule has 5 aromatic carbocycles. The lowest BCUT2D eigenvalue weighted by Gasteiger charge is -2.18. The highest BCUT2D eigenvalue weighted by molar-refractivity contribution is 5.92. The molecular formula is C53H53NO4. The molecule has 0 radical (unpaired) electrons. The van der Waals surface area contributed by atoms with Crippen LogP contribution in [0.2, 0.25) is 0 Å². The van der Waals surface area contributed by atoms with Crippen molar-refractivity contribution in [2.45, 2.75) is 67.2 Å². The van der Waals surface area contributed by atoms with Crippen LogP contribution in [-0.4, -0.2) is 26.8 Å². The molecule has 1 heterocycles. The summed E-state index contributed by atoms with van der Waals surface area (Å²) in [5.74, 6) is -0.0753. The summed E-state index contributed by atoms with van der Waals surface area (Å²) in [7, 11) is 0. The third-order valence-electron chi connectivity index (χ3n) is 10.4. The Bertz CT molecular complexity index is 2350. The minimum absolute atomic E-state index is 0.0792. The molecule has 6 aromatic rings. The summed E-state index contributed by atoms with van der Waals surface area (Å²) in [6.45, 7) is 11.3. The summed E-state index contributed by atoms with van der Waals surface area (Å²) in [6, 6.07) is 45.9. The summed E-state index contributed by atoms with van der Waals surface area (Å²) < 4.78 is 0. The number of hydrogen-bond donors (Lipinski definition) is 2. The molecule has 0 amide bonds. The number of ketones is 2. The van der Waals surface area contributed by atoms with Crippen LogP contribution in [0.5, 0.6) is 0 Å². The molecule has 294 valence electrons. The number of aromatic nitrogens is 1. The number of pyridine rings is 1. The maximum absolute atomic E-state index is 13.0. The van der Waals surface area contributed by atoms with Gasteiger partial charge >= 0.3 is 0 Å². The molecule has 0 saturated carbocycles. The summed E-state index contributed by atoms with van der Waals surface area (Å²) in [4.78, 5) is 30.6. The van der Waals surface area contributed by atoms with Crippen LogP contribution in [0.3, 0.4) is 0 Å². The molecule has 5 nitrogen and oxygen atoms in total. The van der Waals surface area contributed by atoms with Gasteiger partial charge in [-0.3, -0.25) is 14.6 Å². The van der Waals surface area contributed by atoms with Gasteiger partial charge in [0.1, 0.15) is 11.5 Å². The number of carbonyl (C=O) groups is 2. The topological polar surface area (TPSA) is 87.5 Å². The number of aliphatic hydroxyl groups excluding tert-OH is 2. The number of rotatable bonds is 13. The standard InChI is InChI=1S/C53H53NO4/c1-52(2,3)50(57)34-43(55)28-26-36-15-7-9-17-45(36)40-31-41(46-18-10-8-16-37(46)27-29-44(56)35-51(58)53(4,5)6)33-42(32-40)48-20-12-11-19-47(48)38-22-24-39(25-23-38)49-21-13-14-30-54-49/h7-25,30-35,57-58H,26-29H2,1-6H3/b50-34-,51-35-. The number of allylic oxidation sites excluding steroid dienone is 4. The van der Waals surface area contributed by atoms with Crippen molar-refractivity contribution >= 4 is 11.6 Å². The molecule has 0 aliphatic carbocycles. The lowest BCUT2D eigenvalue weighted by molar-refractivity contribution is -0.115. The van der Waals surface area contributed by atoms with E-state index in [1.165, 1.54) is 12.2 Å². The molecule has 2 N–H and O–H groups in total. The van der Waals surface area contributed by atoms with Crippen LogP contribution >= 0.6 is 0 Å². The number of carbonyl (C=O) groups excluding carboxylic acids is 2. The van der Waals surface area contributed by atoms with Crippen LogP contribution in [-0.2, 0) is 22.4 Å². The van der Waals surface area contributed by atoms with Crippen LogP contribution in [0, 0.1) is 10.8 Å². The fraction of sp³-hybridized carbons (Fsp3) is 0.226. The first-order valence-corrected chi connectivity index (χ1v) is 20.0. The SMILES string of the molecule is CC(C)(C)/C(O)=C/C(=O)CCc1ccccc1-c1cc(-c2ccccc2CCC(=O)/C=C(\O)C(C)(C)C)cc(-c2ccccc2-c2ccc(-c3ccccn3)cc2)c1. The highest BCUT2D eigenvalue weighted by Gasteiger charge is 2.20. The molecule has 0 aliphatic rings. The van der Waals surface area contributed by atoms with Gasteiger partial charge in [0.15, 0.2) is 11.6 Å². The van der Waals surface area contributed by atoms with Gasteiger partial charge in [0, 0.05) is 47.6 Å². The van der Waals surface area contributed by atoms with E-state index >= 15 is 0 Å². The van der Waals surface area contributed by atoms with E-state index in [1.807, 2.05) is 84.0 Å². The van der Waals surface area contributed by atoms with Crippen LogP contribution in [0.15, 0.2) is 163 Å². The average Bonchev–Trinajstić information content (AvgIpc) is 3.22. The fourth-order valence-corrected chi connectivity index (χ4v) is 6.87. The Kier molecular flexibility index (Phi) is 12.7. The van der Waals surface area contributed by atoms with Crippen molar-refractivity contribution in [3.8, 4) is 55.8 Å². The lowest BCUT2D eigenvalue weighted by Crippen LogP contribution is -2.11. The van der Waals surface area contributed by atoms with E-state index in [0.717, 1.165) is 66.9 Å². The van der Waals surface area contributed by atoms with Gasteiger partial charge in [-0.15, -0.1) is 0 Å². The molecule has 0 unspecified atom stereocenters. The largest absolute Gasteiger partial charge is 0.512 e. The van der Waals surface area contributed by atoms with Crippen molar-refractivity contribution in [3.63, 3.8) is 0 Å². The highest BCUT2D eigenvalue weighted by atomic mass is 16.3. The van der Waals surface area contributed by atoms with Gasteiger partial charge in [0.25, 0.3) is 0 Å². The number of hydrogen-bond acceptors (Lipinski definition) is 5. The first kappa shape index (κ1) is 41.3. The third kappa shape index (κ3) is 10.3. The maximum atomic E-state index is 13.0. The predicted octanol–water partition coefficient (Wildman–Crippen LogP) is 13.4. The molecule has 0 bridgehead atoms. The number of aryl methyl sites for hydroxylation is 2. The van der Waals surface area contributed by atoms with Crippen molar-refractivity contribution in [3.05, 3.63) is 174 Å². The van der Waals surface area contributed by atoms with E-state index in [-0.39, 0.29) is 35.9 Å². The number of nitrogens with zero attached hydrogens (tertiary/aromatic N) is 1. The van der Waals surface area contributed by atoms with Gasteiger partial charge in [-0.1, -0.05) is 145 Å². The fourth-order valence-electron chi connectivity index (χ4n) is 6.87. The smallest absolute Gasteiger partial charge is 0.159 e. The van der Waals surface area contributed by atoms with Gasteiger partial charge in [-0.05, 0) is 98.8 Å². The normalized spacial score (nSPS) is 12.4.